The fourth-order valence-electron chi connectivity index (χ4n) is 2.55. The van der Waals surface area contributed by atoms with Crippen molar-refractivity contribution in [2.45, 2.75) is 32.4 Å². The SMILES string of the molecule is COC(=O)c1nc(-c2cnn(C3CN(C(=O)OC(C)(C)C)C3)c2)cnc1N. The minimum absolute atomic E-state index is 0.00462. The Balaban J connectivity index is 1.68. The first-order valence-electron chi connectivity index (χ1n) is 8.41. The third-order valence-corrected chi connectivity index (χ3v) is 3.96. The van der Waals surface area contributed by atoms with E-state index in [-0.39, 0.29) is 23.6 Å². The molecule has 3 heterocycles. The Morgan fingerprint density at radius 3 is 2.59 bits per heavy atom. The molecule has 1 fully saturated rings. The van der Waals surface area contributed by atoms with Crippen molar-refractivity contribution in [2.75, 3.05) is 25.9 Å². The van der Waals surface area contributed by atoms with Gasteiger partial charge < -0.3 is 20.1 Å². The normalized spacial score (nSPS) is 14.6. The molecule has 0 radical (unpaired) electrons. The van der Waals surface area contributed by atoms with E-state index in [4.69, 9.17) is 10.5 Å². The summed E-state index contributed by atoms with van der Waals surface area (Å²) in [6, 6.07) is 0.0492. The number of hydrogen-bond acceptors (Lipinski definition) is 8. The lowest BCUT2D eigenvalue weighted by Crippen LogP contribution is -2.52. The molecule has 3 rings (SSSR count). The molecule has 2 aromatic heterocycles. The molecule has 27 heavy (non-hydrogen) atoms. The van der Waals surface area contributed by atoms with Gasteiger partial charge in [0.15, 0.2) is 11.5 Å². The number of likely N-dealkylation sites (tertiary alicyclic amines) is 1. The maximum atomic E-state index is 12.0. The first-order chi connectivity index (χ1) is 12.7. The van der Waals surface area contributed by atoms with Crippen molar-refractivity contribution in [2.24, 2.45) is 0 Å². The number of carbonyl (C=O) groups excluding carboxylic acids is 2. The van der Waals surface area contributed by atoms with Crippen LogP contribution in [-0.2, 0) is 9.47 Å². The first-order valence-corrected chi connectivity index (χ1v) is 8.41. The highest BCUT2D eigenvalue weighted by atomic mass is 16.6. The molecule has 10 nitrogen and oxygen atoms in total. The van der Waals surface area contributed by atoms with E-state index in [0.29, 0.717) is 24.3 Å². The van der Waals surface area contributed by atoms with Crippen LogP contribution in [0.2, 0.25) is 0 Å². The smallest absolute Gasteiger partial charge is 0.410 e. The van der Waals surface area contributed by atoms with E-state index in [2.05, 4.69) is 19.8 Å². The monoisotopic (exact) mass is 374 g/mol. The summed E-state index contributed by atoms with van der Waals surface area (Å²) in [6.07, 6.45) is 4.55. The molecule has 1 amide bonds. The fraction of sp³-hybridized carbons (Fsp3) is 0.471. The zero-order chi connectivity index (χ0) is 19.8. The van der Waals surface area contributed by atoms with Gasteiger partial charge in [0.05, 0.1) is 31.2 Å². The highest BCUT2D eigenvalue weighted by molar-refractivity contribution is 5.92. The molecule has 1 aliphatic rings. The largest absolute Gasteiger partial charge is 0.464 e. The van der Waals surface area contributed by atoms with Crippen LogP contribution in [-0.4, -0.2) is 62.5 Å². The van der Waals surface area contributed by atoms with Crippen LogP contribution < -0.4 is 5.73 Å². The summed E-state index contributed by atoms with van der Waals surface area (Å²) in [5.41, 5.74) is 6.25. The van der Waals surface area contributed by atoms with Crippen LogP contribution in [0.5, 0.6) is 0 Å². The third kappa shape index (κ3) is 3.99. The minimum atomic E-state index is -0.652. The van der Waals surface area contributed by atoms with Gasteiger partial charge >= 0.3 is 12.1 Å². The zero-order valence-electron chi connectivity index (χ0n) is 15.7. The molecule has 144 valence electrons. The standard InChI is InChI=1S/C17H22N6O4/c1-17(2,3)27-16(25)22-8-11(9-22)23-7-10(5-20-23)12-6-19-14(18)13(21-12)15(24)26-4/h5-7,11H,8-9H2,1-4H3,(H2,18,19). The third-order valence-electron chi connectivity index (χ3n) is 3.96. The molecular formula is C17H22N6O4. The summed E-state index contributed by atoms with van der Waals surface area (Å²) in [7, 11) is 1.25. The molecule has 0 spiro atoms. The number of methoxy groups -OCH3 is 1. The lowest BCUT2D eigenvalue weighted by molar-refractivity contribution is -0.000393. The van der Waals surface area contributed by atoms with Gasteiger partial charge in [-0.25, -0.2) is 19.6 Å². The zero-order valence-corrected chi connectivity index (χ0v) is 15.7. The number of nitrogens with zero attached hydrogens (tertiary/aromatic N) is 5. The molecule has 2 aromatic rings. The number of rotatable bonds is 3. The Morgan fingerprint density at radius 1 is 1.26 bits per heavy atom. The quantitative estimate of drug-likeness (QED) is 0.801. The molecule has 1 saturated heterocycles. The van der Waals surface area contributed by atoms with Crippen molar-refractivity contribution in [3.8, 4) is 11.3 Å². The van der Waals surface area contributed by atoms with Gasteiger partial charge in [0.2, 0.25) is 0 Å². The van der Waals surface area contributed by atoms with Crippen LogP contribution in [0.4, 0.5) is 10.6 Å². The number of nitrogens with two attached hydrogens (primary N) is 1. The Labute approximate surface area is 156 Å². The highest BCUT2D eigenvalue weighted by Crippen LogP contribution is 2.25. The highest BCUT2D eigenvalue weighted by Gasteiger charge is 2.35. The Bertz CT molecular complexity index is 867. The molecule has 0 bridgehead atoms. The van der Waals surface area contributed by atoms with E-state index in [0.717, 1.165) is 0 Å². The van der Waals surface area contributed by atoms with E-state index < -0.39 is 11.6 Å². The predicted molar refractivity (Wildman–Crippen MR) is 95.8 cm³/mol. The fourth-order valence-corrected chi connectivity index (χ4v) is 2.55. The van der Waals surface area contributed by atoms with Gasteiger partial charge in [-0.2, -0.15) is 5.10 Å². The number of anilines is 1. The lowest BCUT2D eigenvalue weighted by Gasteiger charge is -2.39. The summed E-state index contributed by atoms with van der Waals surface area (Å²) in [5.74, 6) is -0.647. The van der Waals surface area contributed by atoms with Crippen LogP contribution >= 0.6 is 0 Å². The van der Waals surface area contributed by atoms with Crippen molar-refractivity contribution >= 4 is 17.9 Å². The molecule has 0 unspecified atom stereocenters. The Hall–Kier alpha value is -3.17. The molecule has 0 aliphatic carbocycles. The van der Waals surface area contributed by atoms with Crippen LogP contribution in [0.15, 0.2) is 18.6 Å². The lowest BCUT2D eigenvalue weighted by atomic mass is 10.1. The number of esters is 1. The van der Waals surface area contributed by atoms with Gasteiger partial charge in [-0.3, -0.25) is 4.68 Å². The van der Waals surface area contributed by atoms with Crippen molar-refractivity contribution in [1.82, 2.24) is 24.6 Å². The second-order valence-electron chi connectivity index (χ2n) is 7.23. The predicted octanol–water partition coefficient (Wildman–Crippen LogP) is 1.50. The summed E-state index contributed by atoms with van der Waals surface area (Å²) in [5, 5.41) is 4.32. The maximum Gasteiger partial charge on any atom is 0.410 e. The van der Waals surface area contributed by atoms with Crippen LogP contribution in [0.3, 0.4) is 0 Å². The van der Waals surface area contributed by atoms with Crippen LogP contribution in [0.25, 0.3) is 11.3 Å². The number of hydrogen-bond donors (Lipinski definition) is 1. The van der Waals surface area contributed by atoms with E-state index in [1.54, 1.807) is 22.0 Å². The maximum absolute atomic E-state index is 12.0. The van der Waals surface area contributed by atoms with Crippen LogP contribution in [0.1, 0.15) is 37.3 Å². The van der Waals surface area contributed by atoms with Crippen LogP contribution in [0, 0.1) is 0 Å². The van der Waals surface area contributed by atoms with E-state index in [1.807, 2.05) is 20.8 Å². The first kappa shape index (κ1) is 18.6. The summed E-state index contributed by atoms with van der Waals surface area (Å²) in [6.45, 7) is 6.52. The molecule has 0 atom stereocenters. The van der Waals surface area contributed by atoms with E-state index in [1.165, 1.54) is 13.3 Å². The van der Waals surface area contributed by atoms with Gasteiger partial charge in [-0.15, -0.1) is 0 Å². The molecule has 2 N–H and O–H groups in total. The van der Waals surface area contributed by atoms with Gasteiger partial charge in [-0.05, 0) is 20.8 Å². The van der Waals surface area contributed by atoms with Gasteiger partial charge in [0, 0.05) is 24.8 Å². The molecule has 0 aromatic carbocycles. The van der Waals surface area contributed by atoms with Crippen molar-refractivity contribution in [3.63, 3.8) is 0 Å². The van der Waals surface area contributed by atoms with Crippen molar-refractivity contribution < 1.29 is 19.1 Å². The summed E-state index contributed by atoms with van der Waals surface area (Å²) in [4.78, 5) is 33.5. The molecule has 10 heteroatoms. The van der Waals surface area contributed by atoms with Crippen molar-refractivity contribution in [3.05, 3.63) is 24.3 Å². The average molecular weight is 374 g/mol. The summed E-state index contributed by atoms with van der Waals surface area (Å²) >= 11 is 0. The van der Waals surface area contributed by atoms with E-state index >= 15 is 0 Å². The average Bonchev–Trinajstić information content (AvgIpc) is 3.01. The molecular weight excluding hydrogens is 352 g/mol. The number of nitrogen functional groups attached to an aromatic ring is 1. The molecule has 0 saturated carbocycles. The second-order valence-corrected chi connectivity index (χ2v) is 7.23. The molecule has 1 aliphatic heterocycles. The van der Waals surface area contributed by atoms with Gasteiger partial charge in [0.25, 0.3) is 0 Å². The second kappa shape index (κ2) is 6.86. The van der Waals surface area contributed by atoms with E-state index in [9.17, 15) is 9.59 Å². The summed E-state index contributed by atoms with van der Waals surface area (Å²) < 4.78 is 11.8. The minimum Gasteiger partial charge on any atom is -0.464 e. The Kier molecular flexibility index (Phi) is 4.73. The van der Waals surface area contributed by atoms with Gasteiger partial charge in [-0.1, -0.05) is 0 Å². The Morgan fingerprint density at radius 2 is 1.96 bits per heavy atom. The van der Waals surface area contributed by atoms with Gasteiger partial charge in [0.1, 0.15) is 5.60 Å². The topological polar surface area (TPSA) is 125 Å². The number of carbonyl (C=O) groups is 2. The number of ether oxygens (including phenoxy) is 2. The number of aromatic nitrogens is 4. The number of amides is 1. The van der Waals surface area contributed by atoms with Crippen molar-refractivity contribution in [1.29, 1.82) is 0 Å².